The molecule has 1 saturated heterocycles. The summed E-state index contributed by atoms with van der Waals surface area (Å²) in [5.41, 5.74) is 0.687. The third kappa shape index (κ3) is 3.15. The van der Waals surface area contributed by atoms with E-state index < -0.39 is 0 Å². The Balaban J connectivity index is 1.88. The maximum absolute atomic E-state index is 11.8. The maximum atomic E-state index is 11.8. The minimum atomic E-state index is 0.00862. The first-order valence-corrected chi connectivity index (χ1v) is 6.34. The molecule has 2 heterocycles. The Morgan fingerprint density at radius 2 is 2.00 bits per heavy atom. The van der Waals surface area contributed by atoms with Gasteiger partial charge in [0, 0.05) is 60.0 Å². The zero-order chi connectivity index (χ0) is 11.4. The van der Waals surface area contributed by atoms with Crippen molar-refractivity contribution in [2.45, 2.75) is 18.9 Å². The van der Waals surface area contributed by atoms with Crippen molar-refractivity contribution in [2.24, 2.45) is 0 Å². The van der Waals surface area contributed by atoms with Crippen LogP contribution in [0.3, 0.4) is 0 Å². The summed E-state index contributed by atoms with van der Waals surface area (Å²) in [5, 5.41) is 3.06. The molecular formula is C11H14IN3O. The minimum absolute atomic E-state index is 0.00862. The Bertz CT molecular complexity index is 350. The predicted octanol–water partition coefficient (Wildman–Crippen LogP) is 1.63. The van der Waals surface area contributed by atoms with Crippen LogP contribution in [0.25, 0.3) is 0 Å². The van der Waals surface area contributed by atoms with Crippen molar-refractivity contribution in [3.8, 4) is 0 Å². The number of nitrogens with zero attached hydrogens (tertiary/aromatic N) is 2. The van der Waals surface area contributed by atoms with E-state index in [1.54, 1.807) is 24.5 Å². The van der Waals surface area contributed by atoms with Crippen LogP contribution in [0.4, 0.5) is 0 Å². The Morgan fingerprint density at radius 1 is 1.38 bits per heavy atom. The fourth-order valence-electron chi connectivity index (χ4n) is 1.76. The van der Waals surface area contributed by atoms with Crippen molar-refractivity contribution in [2.75, 3.05) is 13.1 Å². The number of carbonyl (C=O) groups excluding carboxylic acids is 1. The van der Waals surface area contributed by atoms with Gasteiger partial charge < -0.3 is 5.32 Å². The Morgan fingerprint density at radius 3 is 2.62 bits per heavy atom. The van der Waals surface area contributed by atoms with E-state index in [0.29, 0.717) is 11.6 Å². The van der Waals surface area contributed by atoms with Gasteiger partial charge in [-0.25, -0.2) is 3.11 Å². The van der Waals surface area contributed by atoms with Crippen molar-refractivity contribution < 1.29 is 4.79 Å². The summed E-state index contributed by atoms with van der Waals surface area (Å²) in [5.74, 6) is 0.00862. The van der Waals surface area contributed by atoms with Gasteiger partial charge in [-0.15, -0.1) is 0 Å². The molecule has 4 nitrogen and oxygen atoms in total. The van der Waals surface area contributed by atoms with E-state index in [2.05, 4.69) is 36.3 Å². The second kappa shape index (κ2) is 5.58. The first kappa shape index (κ1) is 11.8. The third-order valence-electron chi connectivity index (χ3n) is 2.72. The molecule has 1 aromatic heterocycles. The van der Waals surface area contributed by atoms with E-state index in [0.717, 1.165) is 25.9 Å². The number of aromatic nitrogens is 1. The first-order chi connectivity index (χ1) is 7.75. The number of carbonyl (C=O) groups is 1. The number of amides is 1. The molecule has 2 rings (SSSR count). The molecule has 1 amide bonds. The van der Waals surface area contributed by atoms with E-state index in [1.807, 2.05) is 0 Å². The summed E-state index contributed by atoms with van der Waals surface area (Å²) in [7, 11) is 0. The molecule has 0 bridgehead atoms. The molecule has 1 aromatic rings. The summed E-state index contributed by atoms with van der Waals surface area (Å²) in [6.45, 7) is 2.09. The molecule has 1 aliphatic heterocycles. The lowest BCUT2D eigenvalue weighted by molar-refractivity contribution is 0.0925. The standard InChI is InChI=1S/C11H14IN3O/c12-15-7-3-10(4-8-15)14-11(16)9-1-5-13-6-2-9/h1-2,5-6,10H,3-4,7-8H2,(H,14,16). The smallest absolute Gasteiger partial charge is 0.251 e. The van der Waals surface area contributed by atoms with E-state index in [4.69, 9.17) is 0 Å². The zero-order valence-electron chi connectivity index (χ0n) is 8.90. The first-order valence-electron chi connectivity index (χ1n) is 5.37. The Kier molecular flexibility index (Phi) is 4.11. The highest BCUT2D eigenvalue weighted by Crippen LogP contribution is 2.14. The van der Waals surface area contributed by atoms with Crippen molar-refractivity contribution in [3.05, 3.63) is 30.1 Å². The lowest BCUT2D eigenvalue weighted by Crippen LogP contribution is -2.41. The molecule has 0 aliphatic carbocycles. The molecule has 5 heteroatoms. The molecule has 86 valence electrons. The van der Waals surface area contributed by atoms with Crippen LogP contribution in [0.15, 0.2) is 24.5 Å². The SMILES string of the molecule is O=C(NC1CCN(I)CC1)c1ccncc1. The molecule has 0 spiro atoms. The monoisotopic (exact) mass is 331 g/mol. The normalized spacial score (nSPS) is 18.3. The van der Waals surface area contributed by atoms with Crippen molar-refractivity contribution in [1.29, 1.82) is 0 Å². The van der Waals surface area contributed by atoms with Crippen LogP contribution in [-0.2, 0) is 0 Å². The van der Waals surface area contributed by atoms with Gasteiger partial charge in [0.1, 0.15) is 0 Å². The third-order valence-corrected chi connectivity index (χ3v) is 3.68. The Hall–Kier alpha value is -0.690. The fourth-order valence-corrected chi connectivity index (χ4v) is 2.32. The van der Waals surface area contributed by atoms with Crippen LogP contribution < -0.4 is 5.32 Å². The largest absolute Gasteiger partial charge is 0.349 e. The number of piperidine rings is 1. The van der Waals surface area contributed by atoms with Crippen LogP contribution in [0.5, 0.6) is 0 Å². The van der Waals surface area contributed by atoms with Crippen LogP contribution >= 0.6 is 22.9 Å². The molecule has 0 atom stereocenters. The lowest BCUT2D eigenvalue weighted by Gasteiger charge is -2.28. The number of rotatable bonds is 2. The second-order valence-electron chi connectivity index (χ2n) is 3.89. The van der Waals surface area contributed by atoms with Crippen LogP contribution in [0.1, 0.15) is 23.2 Å². The zero-order valence-corrected chi connectivity index (χ0v) is 11.1. The second-order valence-corrected chi connectivity index (χ2v) is 5.26. The molecule has 0 radical (unpaired) electrons. The molecule has 16 heavy (non-hydrogen) atoms. The molecule has 0 saturated carbocycles. The van der Waals surface area contributed by atoms with Crippen molar-refractivity contribution >= 4 is 28.8 Å². The summed E-state index contributed by atoms with van der Waals surface area (Å²) < 4.78 is 2.26. The van der Waals surface area contributed by atoms with Crippen LogP contribution in [0, 0.1) is 0 Å². The summed E-state index contributed by atoms with van der Waals surface area (Å²) in [4.78, 5) is 15.7. The lowest BCUT2D eigenvalue weighted by atomic mass is 10.1. The van der Waals surface area contributed by atoms with Crippen molar-refractivity contribution in [3.63, 3.8) is 0 Å². The average Bonchev–Trinajstić information content (AvgIpc) is 2.33. The molecule has 0 unspecified atom stereocenters. The van der Waals surface area contributed by atoms with Gasteiger partial charge in [-0.05, 0) is 25.0 Å². The van der Waals surface area contributed by atoms with Gasteiger partial charge in [0.05, 0.1) is 0 Å². The van der Waals surface area contributed by atoms with E-state index in [1.165, 1.54) is 0 Å². The maximum Gasteiger partial charge on any atom is 0.251 e. The highest BCUT2D eigenvalue weighted by molar-refractivity contribution is 14.1. The van der Waals surface area contributed by atoms with E-state index in [-0.39, 0.29) is 5.91 Å². The fraction of sp³-hybridized carbons (Fsp3) is 0.455. The summed E-state index contributed by atoms with van der Waals surface area (Å²) in [6.07, 6.45) is 5.34. The average molecular weight is 331 g/mol. The number of hydrogen-bond donors (Lipinski definition) is 1. The highest BCUT2D eigenvalue weighted by atomic mass is 127. The van der Waals surface area contributed by atoms with Gasteiger partial charge in [0.2, 0.25) is 0 Å². The quantitative estimate of drug-likeness (QED) is 0.662. The van der Waals surface area contributed by atoms with E-state index >= 15 is 0 Å². The van der Waals surface area contributed by atoms with Gasteiger partial charge >= 0.3 is 0 Å². The van der Waals surface area contributed by atoms with Gasteiger partial charge in [0.15, 0.2) is 0 Å². The highest BCUT2D eigenvalue weighted by Gasteiger charge is 2.19. The van der Waals surface area contributed by atoms with Crippen LogP contribution in [-0.4, -0.2) is 33.1 Å². The molecule has 1 aliphatic rings. The summed E-state index contributed by atoms with van der Waals surface area (Å²) >= 11 is 2.32. The number of pyridine rings is 1. The molecular weight excluding hydrogens is 317 g/mol. The van der Waals surface area contributed by atoms with Crippen molar-refractivity contribution in [1.82, 2.24) is 13.4 Å². The van der Waals surface area contributed by atoms with Gasteiger partial charge in [0.25, 0.3) is 5.91 Å². The van der Waals surface area contributed by atoms with Gasteiger partial charge in [-0.1, -0.05) is 0 Å². The summed E-state index contributed by atoms with van der Waals surface area (Å²) in [6, 6.07) is 3.79. The minimum Gasteiger partial charge on any atom is -0.349 e. The number of halogens is 1. The predicted molar refractivity (Wildman–Crippen MR) is 70.3 cm³/mol. The molecule has 1 N–H and O–H groups in total. The van der Waals surface area contributed by atoms with Gasteiger partial charge in [-0.2, -0.15) is 0 Å². The van der Waals surface area contributed by atoms with Gasteiger partial charge in [-0.3, -0.25) is 9.78 Å². The Labute approximate surface area is 109 Å². The molecule has 0 aromatic carbocycles. The topological polar surface area (TPSA) is 45.2 Å². The number of nitrogens with one attached hydrogen (secondary N) is 1. The van der Waals surface area contributed by atoms with E-state index in [9.17, 15) is 4.79 Å². The van der Waals surface area contributed by atoms with Crippen LogP contribution in [0.2, 0.25) is 0 Å². The number of hydrogen-bond acceptors (Lipinski definition) is 3. The molecule has 1 fully saturated rings.